The van der Waals surface area contributed by atoms with Gasteiger partial charge in [0.2, 0.25) is 0 Å². The predicted molar refractivity (Wildman–Crippen MR) is 62.9 cm³/mol. The molecule has 0 aliphatic heterocycles. The normalized spacial score (nSPS) is 25.1. The average Bonchev–Trinajstić information content (AvgIpc) is 2.15. The Balaban J connectivity index is 1.75. The van der Waals surface area contributed by atoms with E-state index in [1.807, 2.05) is 30.3 Å². The van der Waals surface area contributed by atoms with Gasteiger partial charge in [0, 0.05) is 6.26 Å². The highest BCUT2D eigenvalue weighted by molar-refractivity contribution is 7.91. The van der Waals surface area contributed by atoms with E-state index < -0.39 is 9.84 Å². The third-order valence-corrected chi connectivity index (χ3v) is 4.58. The predicted octanol–water partition coefficient (Wildman–Crippen LogP) is 1.78. The summed E-state index contributed by atoms with van der Waals surface area (Å²) in [5.41, 5.74) is 1.13. The number of ether oxygens (including phenoxy) is 1. The highest BCUT2D eigenvalue weighted by Gasteiger charge is 2.36. The zero-order valence-electron chi connectivity index (χ0n) is 9.30. The van der Waals surface area contributed by atoms with Crippen LogP contribution in [-0.2, 0) is 21.2 Å². The molecular weight excluding hydrogens is 224 g/mol. The van der Waals surface area contributed by atoms with Crippen LogP contribution in [0.15, 0.2) is 30.3 Å². The summed E-state index contributed by atoms with van der Waals surface area (Å²) in [4.78, 5) is 0. The molecule has 4 heteroatoms. The molecule has 1 aromatic carbocycles. The highest BCUT2D eigenvalue weighted by Crippen LogP contribution is 2.29. The second-order valence-corrected chi connectivity index (χ2v) is 6.67. The van der Waals surface area contributed by atoms with E-state index in [2.05, 4.69) is 0 Å². The molecule has 88 valence electrons. The van der Waals surface area contributed by atoms with Gasteiger partial charge in [-0.25, -0.2) is 8.42 Å². The van der Waals surface area contributed by atoms with Gasteiger partial charge in [0.25, 0.3) is 0 Å². The van der Waals surface area contributed by atoms with E-state index in [4.69, 9.17) is 4.74 Å². The molecule has 1 aromatic rings. The fraction of sp³-hybridized carbons (Fsp3) is 0.500. The van der Waals surface area contributed by atoms with E-state index >= 15 is 0 Å². The molecule has 2 rings (SSSR count). The van der Waals surface area contributed by atoms with Gasteiger partial charge in [-0.1, -0.05) is 30.3 Å². The Labute approximate surface area is 96.4 Å². The summed E-state index contributed by atoms with van der Waals surface area (Å²) in [5.74, 6) is 0. The van der Waals surface area contributed by atoms with Gasteiger partial charge in [0.05, 0.1) is 18.0 Å². The lowest BCUT2D eigenvalue weighted by atomic mass is 9.95. The Bertz CT molecular complexity index is 433. The van der Waals surface area contributed by atoms with Gasteiger partial charge in [-0.05, 0) is 18.4 Å². The minimum Gasteiger partial charge on any atom is -0.373 e. The number of hydrogen-bond acceptors (Lipinski definition) is 3. The van der Waals surface area contributed by atoms with E-state index in [1.165, 1.54) is 6.26 Å². The van der Waals surface area contributed by atoms with Crippen molar-refractivity contribution in [2.75, 3.05) is 6.26 Å². The monoisotopic (exact) mass is 240 g/mol. The molecule has 0 spiro atoms. The third kappa shape index (κ3) is 2.83. The Morgan fingerprint density at radius 2 is 1.88 bits per heavy atom. The smallest absolute Gasteiger partial charge is 0.150 e. The van der Waals surface area contributed by atoms with Crippen LogP contribution < -0.4 is 0 Å². The fourth-order valence-corrected chi connectivity index (χ4v) is 2.92. The fourth-order valence-electron chi connectivity index (χ4n) is 1.79. The molecule has 0 atom stereocenters. The van der Waals surface area contributed by atoms with Gasteiger partial charge in [0.1, 0.15) is 0 Å². The van der Waals surface area contributed by atoms with Crippen LogP contribution in [0.5, 0.6) is 0 Å². The van der Waals surface area contributed by atoms with Crippen LogP contribution in [0.25, 0.3) is 0 Å². The molecular formula is C12H16O3S. The first-order valence-corrected chi connectivity index (χ1v) is 7.35. The van der Waals surface area contributed by atoms with Crippen LogP contribution in [0.2, 0.25) is 0 Å². The molecule has 1 saturated carbocycles. The molecule has 1 aliphatic carbocycles. The molecule has 0 aromatic heterocycles. The van der Waals surface area contributed by atoms with Crippen molar-refractivity contribution in [3.8, 4) is 0 Å². The summed E-state index contributed by atoms with van der Waals surface area (Å²) in [6, 6.07) is 9.92. The van der Waals surface area contributed by atoms with Gasteiger partial charge in [-0.15, -0.1) is 0 Å². The van der Waals surface area contributed by atoms with Gasteiger partial charge in [-0.2, -0.15) is 0 Å². The van der Waals surface area contributed by atoms with Crippen molar-refractivity contribution in [1.29, 1.82) is 0 Å². The maximum absolute atomic E-state index is 11.2. The van der Waals surface area contributed by atoms with Crippen molar-refractivity contribution in [1.82, 2.24) is 0 Å². The second-order valence-electron chi connectivity index (χ2n) is 4.34. The molecule has 1 aliphatic rings. The van der Waals surface area contributed by atoms with E-state index in [-0.39, 0.29) is 11.4 Å². The minimum absolute atomic E-state index is 0.111. The molecule has 0 saturated heterocycles. The van der Waals surface area contributed by atoms with Crippen LogP contribution >= 0.6 is 0 Å². The number of rotatable bonds is 4. The summed E-state index contributed by atoms with van der Waals surface area (Å²) < 4.78 is 28.0. The number of benzene rings is 1. The van der Waals surface area contributed by atoms with Crippen LogP contribution in [-0.4, -0.2) is 26.0 Å². The molecule has 0 N–H and O–H groups in total. The SMILES string of the molecule is CS(=O)(=O)C1CC(OCc2ccccc2)C1. The number of hydrogen-bond donors (Lipinski definition) is 0. The third-order valence-electron chi connectivity index (χ3n) is 2.99. The first-order chi connectivity index (χ1) is 7.55. The molecule has 3 nitrogen and oxygen atoms in total. The van der Waals surface area contributed by atoms with Crippen molar-refractivity contribution in [3.05, 3.63) is 35.9 Å². The maximum atomic E-state index is 11.2. The minimum atomic E-state index is -2.86. The maximum Gasteiger partial charge on any atom is 0.150 e. The molecule has 1 fully saturated rings. The first kappa shape index (κ1) is 11.6. The zero-order valence-corrected chi connectivity index (χ0v) is 10.1. The van der Waals surface area contributed by atoms with E-state index in [9.17, 15) is 8.42 Å². The van der Waals surface area contributed by atoms with Crippen LogP contribution in [0.3, 0.4) is 0 Å². The van der Waals surface area contributed by atoms with Gasteiger partial charge >= 0.3 is 0 Å². The Morgan fingerprint density at radius 1 is 1.25 bits per heavy atom. The van der Waals surface area contributed by atoms with Gasteiger partial charge in [0.15, 0.2) is 9.84 Å². The number of sulfone groups is 1. The Morgan fingerprint density at radius 3 is 2.44 bits per heavy atom. The Kier molecular flexibility index (Phi) is 3.30. The molecule has 0 radical (unpaired) electrons. The van der Waals surface area contributed by atoms with E-state index in [0.717, 1.165) is 5.56 Å². The molecule has 0 bridgehead atoms. The molecule has 0 amide bonds. The van der Waals surface area contributed by atoms with E-state index in [1.54, 1.807) is 0 Å². The topological polar surface area (TPSA) is 43.4 Å². The van der Waals surface area contributed by atoms with Crippen molar-refractivity contribution < 1.29 is 13.2 Å². The summed E-state index contributed by atoms with van der Waals surface area (Å²) in [6.45, 7) is 0.571. The standard InChI is InChI=1S/C12H16O3S/c1-16(13,14)12-7-11(8-12)15-9-10-5-3-2-4-6-10/h2-6,11-12H,7-9H2,1H3. The van der Waals surface area contributed by atoms with Gasteiger partial charge < -0.3 is 4.74 Å². The molecule has 0 heterocycles. The van der Waals surface area contributed by atoms with Crippen LogP contribution in [0.1, 0.15) is 18.4 Å². The highest BCUT2D eigenvalue weighted by atomic mass is 32.2. The largest absolute Gasteiger partial charge is 0.373 e. The van der Waals surface area contributed by atoms with Crippen molar-refractivity contribution >= 4 is 9.84 Å². The lowest BCUT2D eigenvalue weighted by molar-refractivity contribution is -0.00641. The van der Waals surface area contributed by atoms with Crippen molar-refractivity contribution in [2.45, 2.75) is 30.8 Å². The average molecular weight is 240 g/mol. The van der Waals surface area contributed by atoms with Gasteiger partial charge in [-0.3, -0.25) is 0 Å². The molecule has 0 unspecified atom stereocenters. The summed E-state index contributed by atoms with van der Waals surface area (Å²) in [7, 11) is -2.86. The lowest BCUT2D eigenvalue weighted by Gasteiger charge is -2.33. The van der Waals surface area contributed by atoms with Crippen LogP contribution in [0.4, 0.5) is 0 Å². The quantitative estimate of drug-likeness (QED) is 0.805. The lowest BCUT2D eigenvalue weighted by Crippen LogP contribution is -2.40. The summed E-state index contributed by atoms with van der Waals surface area (Å²) in [6.07, 6.45) is 2.70. The zero-order chi connectivity index (χ0) is 11.6. The van der Waals surface area contributed by atoms with Crippen LogP contribution in [0, 0.1) is 0 Å². The summed E-state index contributed by atoms with van der Waals surface area (Å²) in [5, 5.41) is -0.187. The second kappa shape index (κ2) is 4.55. The van der Waals surface area contributed by atoms with Crippen molar-refractivity contribution in [2.24, 2.45) is 0 Å². The molecule has 16 heavy (non-hydrogen) atoms. The first-order valence-electron chi connectivity index (χ1n) is 5.40. The Hall–Kier alpha value is -0.870. The van der Waals surface area contributed by atoms with Crippen molar-refractivity contribution in [3.63, 3.8) is 0 Å². The summed E-state index contributed by atoms with van der Waals surface area (Å²) >= 11 is 0. The van der Waals surface area contributed by atoms with E-state index in [0.29, 0.717) is 19.4 Å².